The number of rotatable bonds is 0. The van der Waals surface area contributed by atoms with E-state index in [4.69, 9.17) is 21.3 Å². The van der Waals surface area contributed by atoms with Gasteiger partial charge >= 0.3 is 0 Å². The summed E-state index contributed by atoms with van der Waals surface area (Å²) in [5.41, 5.74) is 0.818. The predicted octanol–water partition coefficient (Wildman–Crippen LogP) is 3.96. The van der Waals surface area contributed by atoms with Gasteiger partial charge in [0.15, 0.2) is 11.5 Å². The van der Waals surface area contributed by atoms with Crippen molar-refractivity contribution in [3.8, 4) is 11.5 Å². The van der Waals surface area contributed by atoms with Gasteiger partial charge in [0.2, 0.25) is 0 Å². The summed E-state index contributed by atoms with van der Waals surface area (Å²) in [6.45, 7) is 4.06. The number of hydrogen-bond acceptors (Lipinski definition) is 2. The van der Waals surface area contributed by atoms with Crippen LogP contribution < -0.4 is 15.3 Å². The lowest BCUT2D eigenvalue weighted by molar-refractivity contribution is 0.471. The van der Waals surface area contributed by atoms with E-state index in [1.54, 1.807) is 0 Å². The topological polar surface area (TPSA) is 21.6 Å². The van der Waals surface area contributed by atoms with Crippen molar-refractivity contribution in [1.29, 1.82) is 0 Å². The summed E-state index contributed by atoms with van der Waals surface area (Å²) in [6, 6.07) is 15.6. The van der Waals surface area contributed by atoms with Gasteiger partial charge < -0.3 is 4.74 Å². The minimum Gasteiger partial charge on any atom is -0.451 e. The Morgan fingerprint density at radius 1 is 0.950 bits per heavy atom. The zero-order chi connectivity index (χ0) is 13.7. The molecular weight excluding hydrogens is 270 g/mol. The highest BCUT2D eigenvalue weighted by atomic mass is 35.5. The van der Waals surface area contributed by atoms with Crippen LogP contribution in [0.3, 0.4) is 0 Å². The fourth-order valence-corrected chi connectivity index (χ4v) is 2.73. The number of halogens is 1. The van der Waals surface area contributed by atoms with Crippen LogP contribution in [-0.4, -0.2) is 0 Å². The molecule has 0 radical (unpaired) electrons. The third-order valence-corrected chi connectivity index (χ3v) is 3.90. The van der Waals surface area contributed by atoms with E-state index in [0.29, 0.717) is 10.8 Å². The van der Waals surface area contributed by atoms with E-state index >= 15 is 0 Å². The molecule has 0 atom stereocenters. The van der Waals surface area contributed by atoms with Crippen LogP contribution in [0.5, 0.6) is 11.5 Å². The molecule has 0 spiro atoms. The molecule has 0 saturated heterocycles. The number of hydrogen-bond donors (Lipinski definition) is 0. The Kier molecular flexibility index (Phi) is 2.35. The maximum absolute atomic E-state index is 6.41. The Morgan fingerprint density at radius 3 is 2.50 bits per heavy atom. The number of benzene rings is 3. The van der Waals surface area contributed by atoms with E-state index in [1.165, 1.54) is 0 Å². The highest BCUT2D eigenvalue weighted by Crippen LogP contribution is 2.36. The second kappa shape index (κ2) is 4.09. The van der Waals surface area contributed by atoms with Gasteiger partial charge in [-0.25, -0.2) is 4.99 Å². The van der Waals surface area contributed by atoms with Crippen molar-refractivity contribution in [3.05, 3.63) is 64.1 Å². The fourth-order valence-electron chi connectivity index (χ4n) is 2.50. The SMILES string of the molecule is C=c1c(Cl)c2c(c3ccccc13)=Nc1ccccc1O2. The molecule has 0 unspecified atom stereocenters. The average Bonchev–Trinajstić information content (AvgIpc) is 2.51. The number of ether oxygens (including phenoxy) is 1. The van der Waals surface area contributed by atoms with Crippen LogP contribution in [0.1, 0.15) is 0 Å². The molecule has 3 aromatic carbocycles. The number of nitrogens with zero attached hydrogens (tertiary/aromatic N) is 1. The number of para-hydroxylation sites is 2. The summed E-state index contributed by atoms with van der Waals surface area (Å²) >= 11 is 6.41. The van der Waals surface area contributed by atoms with Gasteiger partial charge in [0.05, 0.1) is 5.02 Å². The van der Waals surface area contributed by atoms with Crippen molar-refractivity contribution in [2.45, 2.75) is 0 Å². The normalized spacial score (nSPS) is 12.2. The van der Waals surface area contributed by atoms with Crippen molar-refractivity contribution >= 4 is 34.6 Å². The van der Waals surface area contributed by atoms with E-state index in [1.807, 2.05) is 48.5 Å². The molecule has 0 saturated carbocycles. The quantitative estimate of drug-likeness (QED) is 0.477. The Bertz CT molecular complexity index is 963. The lowest BCUT2D eigenvalue weighted by atomic mass is 10.1. The summed E-state index contributed by atoms with van der Waals surface area (Å²) in [7, 11) is 0. The Labute approximate surface area is 120 Å². The van der Waals surface area contributed by atoms with Crippen molar-refractivity contribution < 1.29 is 4.74 Å². The molecule has 0 fully saturated rings. The fraction of sp³-hybridized carbons (Fsp3) is 0. The van der Waals surface area contributed by atoms with Gasteiger partial charge in [-0.15, -0.1) is 0 Å². The van der Waals surface area contributed by atoms with E-state index in [2.05, 4.69) is 6.58 Å². The van der Waals surface area contributed by atoms with Gasteiger partial charge in [-0.2, -0.15) is 0 Å². The van der Waals surface area contributed by atoms with Crippen LogP contribution in [0.25, 0.3) is 17.4 Å². The van der Waals surface area contributed by atoms with E-state index < -0.39 is 0 Å². The van der Waals surface area contributed by atoms with Gasteiger partial charge in [-0.3, -0.25) is 0 Å². The number of fused-ring (bicyclic) bond motifs is 4. The first kappa shape index (κ1) is 11.5. The summed E-state index contributed by atoms with van der Waals surface area (Å²) in [5.74, 6) is 1.31. The Hall–Kier alpha value is -2.32. The largest absolute Gasteiger partial charge is 0.451 e. The minimum atomic E-state index is 0.525. The first-order valence-corrected chi connectivity index (χ1v) is 6.68. The van der Waals surface area contributed by atoms with Crippen molar-refractivity contribution in [2.75, 3.05) is 0 Å². The predicted molar refractivity (Wildman–Crippen MR) is 81.4 cm³/mol. The van der Waals surface area contributed by atoms with Gasteiger partial charge in [0, 0.05) is 5.39 Å². The van der Waals surface area contributed by atoms with Crippen LogP contribution in [0.4, 0.5) is 5.69 Å². The smallest absolute Gasteiger partial charge is 0.172 e. The molecule has 1 aliphatic heterocycles. The molecule has 2 nitrogen and oxygen atoms in total. The third kappa shape index (κ3) is 1.49. The lowest BCUT2D eigenvalue weighted by Crippen LogP contribution is -2.18. The lowest BCUT2D eigenvalue weighted by Gasteiger charge is -2.16. The maximum atomic E-state index is 6.41. The van der Waals surface area contributed by atoms with E-state index in [9.17, 15) is 0 Å². The average molecular weight is 280 g/mol. The van der Waals surface area contributed by atoms with Crippen molar-refractivity contribution in [2.24, 2.45) is 4.99 Å². The third-order valence-electron chi connectivity index (χ3n) is 3.50. The molecule has 3 aromatic rings. The molecule has 0 bridgehead atoms. The summed E-state index contributed by atoms with van der Waals surface area (Å²) in [6.07, 6.45) is 0. The molecule has 0 amide bonds. The monoisotopic (exact) mass is 279 g/mol. The van der Waals surface area contributed by atoms with Crippen molar-refractivity contribution in [1.82, 2.24) is 0 Å². The zero-order valence-corrected chi connectivity index (χ0v) is 11.3. The molecule has 0 aliphatic carbocycles. The second-order valence-electron chi connectivity index (χ2n) is 4.70. The van der Waals surface area contributed by atoms with Crippen LogP contribution in [0, 0.1) is 0 Å². The maximum Gasteiger partial charge on any atom is 0.172 e. The van der Waals surface area contributed by atoms with Crippen LogP contribution in [-0.2, 0) is 0 Å². The molecule has 0 N–H and O–H groups in total. The first-order valence-electron chi connectivity index (χ1n) is 6.30. The standard InChI is InChI=1S/C17H10ClNO/c1-10-11-6-2-3-7-12(11)16-17(15(10)18)20-14-9-5-4-8-13(14)19-16/h2-9H,1H2. The van der Waals surface area contributed by atoms with E-state index in [0.717, 1.165) is 32.8 Å². The van der Waals surface area contributed by atoms with Gasteiger partial charge in [0.25, 0.3) is 0 Å². The highest BCUT2D eigenvalue weighted by Gasteiger charge is 2.18. The molecule has 1 heterocycles. The highest BCUT2D eigenvalue weighted by molar-refractivity contribution is 6.33. The van der Waals surface area contributed by atoms with Crippen LogP contribution in [0.15, 0.2) is 53.5 Å². The Balaban J connectivity index is 2.25. The van der Waals surface area contributed by atoms with E-state index in [-0.39, 0.29) is 0 Å². The molecule has 3 heteroatoms. The van der Waals surface area contributed by atoms with Crippen molar-refractivity contribution in [3.63, 3.8) is 0 Å². The second-order valence-corrected chi connectivity index (χ2v) is 5.08. The molecular formula is C17H10ClNO. The summed E-state index contributed by atoms with van der Waals surface area (Å²) < 4.78 is 5.93. The van der Waals surface area contributed by atoms with Gasteiger partial charge in [-0.05, 0) is 22.7 Å². The molecule has 20 heavy (non-hydrogen) atoms. The Morgan fingerprint density at radius 2 is 1.65 bits per heavy atom. The minimum absolute atomic E-state index is 0.525. The molecule has 96 valence electrons. The summed E-state index contributed by atoms with van der Waals surface area (Å²) in [4.78, 5) is 4.70. The van der Waals surface area contributed by atoms with Crippen LogP contribution in [0.2, 0.25) is 5.02 Å². The molecule has 4 rings (SSSR count). The molecule has 0 aromatic heterocycles. The first-order chi connectivity index (χ1) is 9.75. The van der Waals surface area contributed by atoms with Gasteiger partial charge in [-0.1, -0.05) is 54.6 Å². The zero-order valence-electron chi connectivity index (χ0n) is 10.6. The summed E-state index contributed by atoms with van der Waals surface area (Å²) in [5, 5.41) is 4.08. The molecule has 1 aliphatic rings. The van der Waals surface area contributed by atoms with Gasteiger partial charge in [0.1, 0.15) is 11.0 Å². The van der Waals surface area contributed by atoms with Crippen LogP contribution >= 0.6 is 11.6 Å².